The minimum absolute atomic E-state index is 0.0191. The summed E-state index contributed by atoms with van der Waals surface area (Å²) < 4.78 is 39.8. The third kappa shape index (κ3) is 4.10. The van der Waals surface area contributed by atoms with E-state index >= 15 is 0 Å². The summed E-state index contributed by atoms with van der Waals surface area (Å²) in [5.41, 5.74) is 0.0125. The Hall–Kier alpha value is -2.56. The van der Waals surface area contributed by atoms with Gasteiger partial charge in [-0.3, -0.25) is 4.79 Å². The molecule has 5 heteroatoms. The molecule has 2 aromatic rings. The second kappa shape index (κ2) is 6.75. The molecule has 0 atom stereocenters. The summed E-state index contributed by atoms with van der Waals surface area (Å²) in [7, 11) is 0. The number of benzene rings is 2. The topological polar surface area (TPSA) is 29.1 Å². The molecule has 0 saturated heterocycles. The highest BCUT2D eigenvalue weighted by Crippen LogP contribution is 2.47. The van der Waals surface area contributed by atoms with Crippen LogP contribution < -0.4 is 5.32 Å². The van der Waals surface area contributed by atoms with Crippen molar-refractivity contribution in [1.29, 1.82) is 0 Å². The number of hydrogen-bond donors (Lipinski definition) is 1. The number of carbonyl (C=O) groups is 1. The Kier molecular flexibility index (Phi) is 4.66. The second-order valence-electron chi connectivity index (χ2n) is 6.29. The van der Waals surface area contributed by atoms with E-state index in [1.807, 2.05) is 30.3 Å². The van der Waals surface area contributed by atoms with E-state index in [4.69, 9.17) is 0 Å². The van der Waals surface area contributed by atoms with Crippen molar-refractivity contribution < 1.29 is 18.0 Å². The number of rotatable bonds is 5. The normalized spacial score (nSPS) is 16.4. The maximum atomic E-state index is 13.3. The number of halogens is 3. The van der Waals surface area contributed by atoms with Crippen molar-refractivity contribution in [3.8, 4) is 0 Å². The van der Waals surface area contributed by atoms with Crippen LogP contribution in [-0.4, -0.2) is 18.6 Å². The van der Waals surface area contributed by atoms with Crippen molar-refractivity contribution in [1.82, 2.24) is 5.32 Å². The molecule has 1 aliphatic carbocycles. The van der Waals surface area contributed by atoms with E-state index < -0.39 is 17.7 Å². The van der Waals surface area contributed by atoms with Gasteiger partial charge in [-0.25, -0.2) is 0 Å². The Labute approximate surface area is 144 Å². The SMILES string of the molecule is O=C(/C=C(\c1ccccc1)C(F)(F)F)NCC1(c2ccccc2)CC1. The van der Waals surface area contributed by atoms with Crippen LogP contribution in [0.3, 0.4) is 0 Å². The van der Waals surface area contributed by atoms with Crippen molar-refractivity contribution in [2.75, 3.05) is 6.54 Å². The summed E-state index contributed by atoms with van der Waals surface area (Å²) in [6.07, 6.45) is -2.09. The standard InChI is InChI=1S/C20H18F3NO/c21-20(22,23)17(15-7-3-1-4-8-15)13-18(25)24-14-19(11-12-19)16-9-5-2-6-10-16/h1-10,13H,11-12,14H2,(H,24,25)/b17-13+. The minimum Gasteiger partial charge on any atom is -0.352 e. The van der Waals surface area contributed by atoms with Gasteiger partial charge in [0.1, 0.15) is 0 Å². The van der Waals surface area contributed by atoms with Crippen molar-refractivity contribution in [3.63, 3.8) is 0 Å². The molecule has 1 amide bonds. The molecule has 1 N–H and O–H groups in total. The molecule has 1 aliphatic rings. The molecule has 0 bridgehead atoms. The van der Waals surface area contributed by atoms with Crippen LogP contribution >= 0.6 is 0 Å². The number of alkyl halides is 3. The van der Waals surface area contributed by atoms with Gasteiger partial charge in [-0.15, -0.1) is 0 Å². The van der Waals surface area contributed by atoms with Gasteiger partial charge in [-0.05, 0) is 24.0 Å². The predicted molar refractivity (Wildman–Crippen MR) is 90.8 cm³/mol. The molecular weight excluding hydrogens is 327 g/mol. The number of carbonyl (C=O) groups excluding carboxylic acids is 1. The van der Waals surface area contributed by atoms with Gasteiger partial charge >= 0.3 is 6.18 Å². The van der Waals surface area contributed by atoms with Gasteiger partial charge in [0.2, 0.25) is 5.91 Å². The Morgan fingerprint density at radius 2 is 1.56 bits per heavy atom. The molecule has 2 nitrogen and oxygen atoms in total. The molecular formula is C20H18F3NO. The third-order valence-corrected chi connectivity index (χ3v) is 4.51. The lowest BCUT2D eigenvalue weighted by Gasteiger charge is -2.17. The quantitative estimate of drug-likeness (QED) is 0.796. The van der Waals surface area contributed by atoms with Gasteiger partial charge in [0.15, 0.2) is 0 Å². The van der Waals surface area contributed by atoms with Crippen LogP contribution in [0.25, 0.3) is 5.57 Å². The fraction of sp³-hybridized carbons (Fsp3) is 0.250. The third-order valence-electron chi connectivity index (χ3n) is 4.51. The number of allylic oxidation sites excluding steroid dienone is 1. The summed E-state index contributed by atoms with van der Waals surface area (Å²) in [4.78, 5) is 12.1. The second-order valence-corrected chi connectivity index (χ2v) is 6.29. The number of nitrogens with one attached hydrogen (secondary N) is 1. The van der Waals surface area contributed by atoms with Crippen LogP contribution in [0.5, 0.6) is 0 Å². The lowest BCUT2D eigenvalue weighted by atomic mass is 9.96. The molecule has 0 spiro atoms. The van der Waals surface area contributed by atoms with E-state index in [1.165, 1.54) is 24.3 Å². The van der Waals surface area contributed by atoms with Crippen LogP contribution in [-0.2, 0) is 10.2 Å². The van der Waals surface area contributed by atoms with Crippen molar-refractivity contribution in [2.45, 2.75) is 24.4 Å². The highest BCUT2D eigenvalue weighted by Gasteiger charge is 2.44. The molecule has 0 aliphatic heterocycles. The van der Waals surface area contributed by atoms with Gasteiger partial charge in [0.25, 0.3) is 0 Å². The molecule has 130 valence electrons. The molecule has 3 rings (SSSR count). The predicted octanol–water partition coefficient (Wildman–Crippen LogP) is 4.48. The van der Waals surface area contributed by atoms with Crippen LogP contribution in [0.15, 0.2) is 66.7 Å². The van der Waals surface area contributed by atoms with Crippen LogP contribution in [0.1, 0.15) is 24.0 Å². The fourth-order valence-corrected chi connectivity index (χ4v) is 2.90. The van der Waals surface area contributed by atoms with Gasteiger partial charge in [0.05, 0.1) is 5.57 Å². The average molecular weight is 345 g/mol. The summed E-state index contributed by atoms with van der Waals surface area (Å²) in [5.74, 6) is -0.724. The maximum Gasteiger partial charge on any atom is 0.417 e. The molecule has 2 aromatic carbocycles. The van der Waals surface area contributed by atoms with Crippen molar-refractivity contribution in [2.24, 2.45) is 0 Å². The fourth-order valence-electron chi connectivity index (χ4n) is 2.90. The smallest absolute Gasteiger partial charge is 0.352 e. The molecule has 25 heavy (non-hydrogen) atoms. The Morgan fingerprint density at radius 1 is 1.00 bits per heavy atom. The first-order chi connectivity index (χ1) is 11.9. The van der Waals surface area contributed by atoms with Crippen LogP contribution in [0.2, 0.25) is 0 Å². The van der Waals surface area contributed by atoms with Crippen LogP contribution in [0, 0.1) is 0 Å². The molecule has 1 saturated carbocycles. The summed E-state index contributed by atoms with van der Waals surface area (Å²) >= 11 is 0. The molecule has 0 aromatic heterocycles. The summed E-state index contributed by atoms with van der Waals surface area (Å²) in [6.45, 7) is 0.340. The zero-order valence-electron chi connectivity index (χ0n) is 13.5. The summed E-state index contributed by atoms with van der Waals surface area (Å²) in [5, 5.41) is 2.64. The van der Waals surface area contributed by atoms with E-state index in [9.17, 15) is 18.0 Å². The molecule has 0 heterocycles. The van der Waals surface area contributed by atoms with E-state index in [2.05, 4.69) is 5.32 Å². The van der Waals surface area contributed by atoms with Crippen molar-refractivity contribution in [3.05, 3.63) is 77.9 Å². The Balaban J connectivity index is 1.73. The minimum atomic E-state index is -4.59. The van der Waals surface area contributed by atoms with Gasteiger partial charge in [-0.2, -0.15) is 13.2 Å². The van der Waals surface area contributed by atoms with Crippen LogP contribution in [0.4, 0.5) is 13.2 Å². The van der Waals surface area contributed by atoms with E-state index in [1.54, 1.807) is 6.07 Å². The Bertz CT molecular complexity index is 763. The summed E-state index contributed by atoms with van der Waals surface area (Å²) in [6, 6.07) is 17.1. The number of hydrogen-bond acceptors (Lipinski definition) is 1. The molecule has 0 unspecified atom stereocenters. The van der Waals surface area contributed by atoms with E-state index in [0.29, 0.717) is 12.6 Å². The average Bonchev–Trinajstić information content (AvgIpc) is 3.40. The first kappa shape index (κ1) is 17.3. The number of amides is 1. The molecule has 0 radical (unpaired) electrons. The van der Waals surface area contributed by atoms with Crippen molar-refractivity contribution >= 4 is 11.5 Å². The first-order valence-electron chi connectivity index (χ1n) is 8.08. The van der Waals surface area contributed by atoms with E-state index in [-0.39, 0.29) is 11.0 Å². The zero-order valence-corrected chi connectivity index (χ0v) is 13.5. The Morgan fingerprint density at radius 3 is 2.08 bits per heavy atom. The highest BCUT2D eigenvalue weighted by atomic mass is 19.4. The lowest BCUT2D eigenvalue weighted by molar-refractivity contribution is -0.117. The maximum absolute atomic E-state index is 13.3. The monoisotopic (exact) mass is 345 g/mol. The highest BCUT2D eigenvalue weighted by molar-refractivity contribution is 5.96. The van der Waals surface area contributed by atoms with Gasteiger partial charge in [0, 0.05) is 18.0 Å². The van der Waals surface area contributed by atoms with Gasteiger partial charge < -0.3 is 5.32 Å². The lowest BCUT2D eigenvalue weighted by Crippen LogP contribution is -2.31. The van der Waals surface area contributed by atoms with E-state index in [0.717, 1.165) is 18.4 Å². The largest absolute Gasteiger partial charge is 0.417 e. The molecule has 1 fully saturated rings. The zero-order chi connectivity index (χ0) is 17.9. The first-order valence-corrected chi connectivity index (χ1v) is 8.08. The van der Waals surface area contributed by atoms with Gasteiger partial charge in [-0.1, -0.05) is 60.7 Å².